The van der Waals surface area contributed by atoms with Gasteiger partial charge in [-0.2, -0.15) is 0 Å². The first kappa shape index (κ1) is 15.2. The quantitative estimate of drug-likeness (QED) is 0.832. The van der Waals surface area contributed by atoms with Gasteiger partial charge in [0.2, 0.25) is 0 Å². The third kappa shape index (κ3) is 2.04. The Hall–Kier alpha value is -2.17. The fourth-order valence-corrected chi connectivity index (χ4v) is 3.62. The molecule has 0 saturated heterocycles. The van der Waals surface area contributed by atoms with Gasteiger partial charge in [-0.3, -0.25) is 14.4 Å². The third-order valence-electron chi connectivity index (χ3n) is 4.77. The molecule has 0 heterocycles. The molecule has 21 heavy (non-hydrogen) atoms. The van der Waals surface area contributed by atoms with Crippen LogP contribution in [-0.2, 0) is 19.8 Å². The van der Waals surface area contributed by atoms with Gasteiger partial charge in [-0.1, -0.05) is 44.2 Å². The van der Waals surface area contributed by atoms with E-state index in [1.807, 2.05) is 0 Å². The van der Waals surface area contributed by atoms with Crippen LogP contribution in [-0.4, -0.2) is 27.9 Å². The number of hydrogen-bond acceptors (Lipinski definition) is 3. The first-order chi connectivity index (χ1) is 9.75. The second kappa shape index (κ2) is 4.98. The highest BCUT2D eigenvalue weighted by atomic mass is 16.4. The summed E-state index contributed by atoms with van der Waals surface area (Å²) in [7, 11) is 0. The summed E-state index contributed by atoms with van der Waals surface area (Å²) in [5, 5.41) is 19.3. The SMILES string of the molecule is CC1(C)C(C(=O)O)C(=O)CCC1(C(=O)O)c1ccccc1. The number of hydrogen-bond donors (Lipinski definition) is 2. The van der Waals surface area contributed by atoms with Crippen LogP contribution >= 0.6 is 0 Å². The molecule has 1 saturated carbocycles. The molecule has 2 rings (SSSR count). The van der Waals surface area contributed by atoms with Crippen molar-refractivity contribution in [3.8, 4) is 0 Å². The van der Waals surface area contributed by atoms with E-state index >= 15 is 0 Å². The van der Waals surface area contributed by atoms with Crippen molar-refractivity contribution in [2.45, 2.75) is 32.1 Å². The van der Waals surface area contributed by atoms with E-state index in [0.29, 0.717) is 5.56 Å². The Labute approximate surface area is 122 Å². The van der Waals surface area contributed by atoms with E-state index in [1.165, 1.54) is 0 Å². The van der Waals surface area contributed by atoms with E-state index in [1.54, 1.807) is 44.2 Å². The van der Waals surface area contributed by atoms with E-state index < -0.39 is 34.5 Å². The molecule has 0 bridgehead atoms. The van der Waals surface area contributed by atoms with Crippen LogP contribution in [0.1, 0.15) is 32.3 Å². The number of carboxylic acid groups (broad SMARTS) is 2. The van der Waals surface area contributed by atoms with E-state index in [2.05, 4.69) is 0 Å². The fourth-order valence-electron chi connectivity index (χ4n) is 3.62. The molecule has 0 aliphatic heterocycles. The first-order valence-corrected chi connectivity index (χ1v) is 6.79. The van der Waals surface area contributed by atoms with Crippen molar-refractivity contribution in [1.29, 1.82) is 0 Å². The number of ketones is 1. The average molecular weight is 290 g/mol. The van der Waals surface area contributed by atoms with E-state index in [-0.39, 0.29) is 12.8 Å². The number of carbonyl (C=O) groups excluding carboxylic acids is 1. The normalized spacial score (nSPS) is 28.1. The summed E-state index contributed by atoms with van der Waals surface area (Å²) >= 11 is 0. The van der Waals surface area contributed by atoms with Gasteiger partial charge in [0, 0.05) is 11.8 Å². The second-order valence-corrected chi connectivity index (χ2v) is 6.04. The Balaban J connectivity index is 2.69. The highest BCUT2D eigenvalue weighted by Gasteiger charge is 2.62. The monoisotopic (exact) mass is 290 g/mol. The van der Waals surface area contributed by atoms with Gasteiger partial charge in [-0.15, -0.1) is 0 Å². The first-order valence-electron chi connectivity index (χ1n) is 6.79. The molecule has 1 aliphatic carbocycles. The lowest BCUT2D eigenvalue weighted by Gasteiger charge is -2.49. The lowest BCUT2D eigenvalue weighted by atomic mass is 9.50. The Kier molecular flexibility index (Phi) is 3.61. The Morgan fingerprint density at radius 1 is 1.14 bits per heavy atom. The largest absolute Gasteiger partial charge is 0.481 e. The van der Waals surface area contributed by atoms with E-state index in [0.717, 1.165) is 0 Å². The molecule has 2 atom stereocenters. The van der Waals surface area contributed by atoms with Crippen molar-refractivity contribution in [3.05, 3.63) is 35.9 Å². The molecular formula is C16H18O5. The third-order valence-corrected chi connectivity index (χ3v) is 4.77. The fraction of sp³-hybridized carbons (Fsp3) is 0.438. The summed E-state index contributed by atoms with van der Waals surface area (Å²) in [6.45, 7) is 3.12. The Morgan fingerprint density at radius 3 is 2.19 bits per heavy atom. The summed E-state index contributed by atoms with van der Waals surface area (Å²) in [4.78, 5) is 35.6. The summed E-state index contributed by atoms with van der Waals surface area (Å²) in [6.07, 6.45) is 0.0730. The van der Waals surface area contributed by atoms with Crippen LogP contribution in [0, 0.1) is 11.3 Å². The highest BCUT2D eigenvalue weighted by molar-refractivity contribution is 6.02. The maximum absolute atomic E-state index is 12.1. The van der Waals surface area contributed by atoms with Crippen molar-refractivity contribution in [2.24, 2.45) is 11.3 Å². The lowest BCUT2D eigenvalue weighted by Crippen LogP contribution is -2.59. The minimum atomic E-state index is -1.38. The molecule has 0 aromatic heterocycles. The number of aliphatic carboxylic acids is 2. The summed E-state index contributed by atoms with van der Waals surface area (Å²) in [6, 6.07) is 8.59. The van der Waals surface area contributed by atoms with Gasteiger partial charge in [-0.05, 0) is 12.0 Å². The zero-order valence-corrected chi connectivity index (χ0v) is 12.0. The molecule has 2 N–H and O–H groups in total. The molecule has 112 valence electrons. The van der Waals surface area contributed by atoms with Crippen molar-refractivity contribution >= 4 is 17.7 Å². The van der Waals surface area contributed by atoms with Gasteiger partial charge in [0.05, 0.1) is 5.41 Å². The summed E-state index contributed by atoms with van der Waals surface area (Å²) in [5.41, 5.74) is -2.06. The van der Waals surface area contributed by atoms with Crippen LogP contribution in [0.15, 0.2) is 30.3 Å². The Bertz CT molecular complexity index is 590. The van der Waals surface area contributed by atoms with Crippen LogP contribution < -0.4 is 0 Å². The standard InChI is InChI=1S/C16H18O5/c1-15(2)12(13(18)19)11(17)8-9-16(15,14(20)21)10-6-4-3-5-7-10/h3-7,12H,8-9H2,1-2H3,(H,18,19)(H,20,21). The van der Waals surface area contributed by atoms with Crippen LogP contribution in [0.5, 0.6) is 0 Å². The number of Topliss-reactive ketones (excluding diaryl/α,β-unsaturated/α-hetero) is 1. The van der Waals surface area contributed by atoms with Gasteiger partial charge in [0.15, 0.2) is 0 Å². The molecule has 2 unspecified atom stereocenters. The number of carbonyl (C=O) groups is 3. The summed E-state index contributed by atoms with van der Waals surface area (Å²) in [5.74, 6) is -4.06. The molecule has 1 aromatic carbocycles. The molecule has 0 amide bonds. The van der Waals surface area contributed by atoms with Crippen LogP contribution in [0.4, 0.5) is 0 Å². The predicted molar refractivity (Wildman–Crippen MR) is 74.9 cm³/mol. The van der Waals surface area contributed by atoms with E-state index in [9.17, 15) is 24.6 Å². The van der Waals surface area contributed by atoms with Gasteiger partial charge in [0.25, 0.3) is 0 Å². The second-order valence-electron chi connectivity index (χ2n) is 6.04. The predicted octanol–water partition coefficient (Wildman–Crippen LogP) is 2.10. The summed E-state index contributed by atoms with van der Waals surface area (Å²) < 4.78 is 0. The van der Waals surface area contributed by atoms with Crippen molar-refractivity contribution < 1.29 is 24.6 Å². The van der Waals surface area contributed by atoms with Crippen LogP contribution in [0.3, 0.4) is 0 Å². The Morgan fingerprint density at radius 2 is 1.71 bits per heavy atom. The molecule has 1 aliphatic rings. The van der Waals surface area contributed by atoms with E-state index in [4.69, 9.17) is 0 Å². The van der Waals surface area contributed by atoms with Gasteiger partial charge in [-0.25, -0.2) is 0 Å². The zero-order valence-electron chi connectivity index (χ0n) is 12.0. The van der Waals surface area contributed by atoms with Crippen molar-refractivity contribution in [3.63, 3.8) is 0 Å². The number of rotatable bonds is 3. The lowest BCUT2D eigenvalue weighted by molar-refractivity contribution is -0.165. The van der Waals surface area contributed by atoms with Crippen molar-refractivity contribution in [1.82, 2.24) is 0 Å². The molecular weight excluding hydrogens is 272 g/mol. The zero-order chi connectivity index (χ0) is 15.8. The molecule has 0 spiro atoms. The minimum Gasteiger partial charge on any atom is -0.481 e. The van der Waals surface area contributed by atoms with Gasteiger partial charge < -0.3 is 10.2 Å². The van der Waals surface area contributed by atoms with Crippen LogP contribution in [0.25, 0.3) is 0 Å². The minimum absolute atomic E-state index is 0.0401. The molecule has 5 nitrogen and oxygen atoms in total. The molecule has 1 fully saturated rings. The molecule has 0 radical (unpaired) electrons. The molecule has 1 aromatic rings. The number of benzene rings is 1. The van der Waals surface area contributed by atoms with Crippen LogP contribution in [0.2, 0.25) is 0 Å². The maximum atomic E-state index is 12.1. The molecule has 5 heteroatoms. The maximum Gasteiger partial charge on any atom is 0.314 e. The highest BCUT2D eigenvalue weighted by Crippen LogP contribution is 2.54. The average Bonchev–Trinajstić information content (AvgIpc) is 2.38. The topological polar surface area (TPSA) is 91.7 Å². The van der Waals surface area contributed by atoms with Gasteiger partial charge >= 0.3 is 11.9 Å². The van der Waals surface area contributed by atoms with Crippen molar-refractivity contribution in [2.75, 3.05) is 0 Å². The van der Waals surface area contributed by atoms with Gasteiger partial charge in [0.1, 0.15) is 11.7 Å². The number of carboxylic acids is 2. The smallest absolute Gasteiger partial charge is 0.314 e.